The van der Waals surface area contributed by atoms with Gasteiger partial charge in [-0.3, -0.25) is 4.79 Å². The lowest BCUT2D eigenvalue weighted by atomic mass is 10.1. The largest absolute Gasteiger partial charge is 0.435 e. The van der Waals surface area contributed by atoms with Gasteiger partial charge in [0.25, 0.3) is 0 Å². The van der Waals surface area contributed by atoms with Crippen LogP contribution in [0.1, 0.15) is 18.4 Å². The van der Waals surface area contributed by atoms with Crippen molar-refractivity contribution in [3.63, 3.8) is 0 Å². The first-order valence-electron chi connectivity index (χ1n) is 6.18. The first-order chi connectivity index (χ1) is 8.78. The average molecular weight is 248 g/mol. The summed E-state index contributed by atoms with van der Waals surface area (Å²) in [5.41, 5.74) is 1.23. The Labute approximate surface area is 107 Å². The minimum Gasteiger partial charge on any atom is -0.435 e. The lowest BCUT2D eigenvalue weighted by Crippen LogP contribution is -2.35. The summed E-state index contributed by atoms with van der Waals surface area (Å²) < 4.78 is 12.0. The quantitative estimate of drug-likeness (QED) is 0.317. The van der Waals surface area contributed by atoms with Crippen LogP contribution >= 0.6 is 0 Å². The third-order valence-electron chi connectivity index (χ3n) is 2.84. The van der Waals surface area contributed by atoms with Gasteiger partial charge in [0.2, 0.25) is 0 Å². The Morgan fingerprint density at radius 3 is 2.89 bits per heavy atom. The fourth-order valence-corrected chi connectivity index (χ4v) is 1.77. The van der Waals surface area contributed by atoms with Crippen molar-refractivity contribution in [3.8, 4) is 0 Å². The van der Waals surface area contributed by atoms with Crippen LogP contribution in [0.3, 0.4) is 0 Å². The van der Waals surface area contributed by atoms with Crippen molar-refractivity contribution in [2.75, 3.05) is 6.61 Å². The molecular formula is C14H18NO3+. The summed E-state index contributed by atoms with van der Waals surface area (Å²) in [6, 6.07) is 4.17. The maximum absolute atomic E-state index is 11.1. The zero-order valence-corrected chi connectivity index (χ0v) is 10.4. The minimum atomic E-state index is -0.220. The van der Waals surface area contributed by atoms with Crippen molar-refractivity contribution >= 4 is 5.97 Å². The second-order valence-corrected chi connectivity index (χ2v) is 4.37. The summed E-state index contributed by atoms with van der Waals surface area (Å²) in [5.74, 6) is -0.220. The van der Waals surface area contributed by atoms with Crippen LogP contribution in [0.4, 0.5) is 0 Å². The lowest BCUT2D eigenvalue weighted by Gasteiger charge is -2.00. The number of aryl methyl sites for hydroxylation is 1. The van der Waals surface area contributed by atoms with E-state index < -0.39 is 0 Å². The number of ether oxygens (including phenoxy) is 2. The van der Waals surface area contributed by atoms with Gasteiger partial charge < -0.3 is 9.47 Å². The number of rotatable bonds is 7. The third kappa shape index (κ3) is 4.30. The molecule has 1 aliphatic rings. The highest BCUT2D eigenvalue weighted by Crippen LogP contribution is 2.08. The molecule has 1 atom stereocenters. The molecule has 0 bridgehead atoms. The molecular weight excluding hydrogens is 230 g/mol. The van der Waals surface area contributed by atoms with Gasteiger partial charge in [0.15, 0.2) is 18.9 Å². The van der Waals surface area contributed by atoms with E-state index in [0.717, 1.165) is 26.0 Å². The van der Waals surface area contributed by atoms with Crippen LogP contribution in [0, 0.1) is 0 Å². The van der Waals surface area contributed by atoms with Gasteiger partial charge in [-0.25, -0.2) is 4.57 Å². The van der Waals surface area contributed by atoms with Crippen molar-refractivity contribution in [2.24, 2.45) is 0 Å². The van der Waals surface area contributed by atoms with E-state index >= 15 is 0 Å². The Balaban J connectivity index is 1.72. The molecule has 1 aliphatic heterocycles. The van der Waals surface area contributed by atoms with E-state index in [1.165, 1.54) is 11.8 Å². The van der Waals surface area contributed by atoms with Gasteiger partial charge in [-0.1, -0.05) is 6.58 Å². The molecule has 0 aliphatic carbocycles. The lowest BCUT2D eigenvalue weighted by molar-refractivity contribution is -0.698. The Morgan fingerprint density at radius 1 is 1.56 bits per heavy atom. The SMILES string of the molecule is C=COC(=O)CCCc1cc[n+](CC2CO2)cc1. The average Bonchev–Trinajstić information content (AvgIpc) is 3.16. The number of epoxide rings is 1. The first kappa shape index (κ1) is 12.8. The molecule has 18 heavy (non-hydrogen) atoms. The molecule has 1 saturated heterocycles. The van der Waals surface area contributed by atoms with E-state index in [9.17, 15) is 4.79 Å². The van der Waals surface area contributed by atoms with Crippen LogP contribution in [0.5, 0.6) is 0 Å². The molecule has 0 saturated carbocycles. The summed E-state index contributed by atoms with van der Waals surface area (Å²) in [5, 5.41) is 0. The zero-order valence-electron chi connectivity index (χ0n) is 10.4. The summed E-state index contributed by atoms with van der Waals surface area (Å²) in [6.45, 7) is 5.15. The maximum Gasteiger partial charge on any atom is 0.310 e. The molecule has 2 heterocycles. The summed E-state index contributed by atoms with van der Waals surface area (Å²) in [7, 11) is 0. The van der Waals surface area contributed by atoms with Crippen molar-refractivity contribution in [2.45, 2.75) is 31.9 Å². The van der Waals surface area contributed by atoms with Gasteiger partial charge in [0.1, 0.15) is 6.10 Å². The van der Waals surface area contributed by atoms with Gasteiger partial charge in [-0.05, 0) is 18.4 Å². The predicted molar refractivity (Wildman–Crippen MR) is 65.6 cm³/mol. The highest BCUT2D eigenvalue weighted by molar-refractivity contribution is 5.69. The number of hydrogen-bond donors (Lipinski definition) is 0. The van der Waals surface area contributed by atoms with Crippen molar-refractivity contribution in [1.82, 2.24) is 0 Å². The number of carbonyl (C=O) groups is 1. The van der Waals surface area contributed by atoms with E-state index in [-0.39, 0.29) is 5.97 Å². The Hall–Kier alpha value is -1.68. The van der Waals surface area contributed by atoms with Gasteiger partial charge in [-0.2, -0.15) is 0 Å². The highest BCUT2D eigenvalue weighted by atomic mass is 16.6. The number of nitrogens with zero attached hydrogens (tertiary/aromatic N) is 1. The van der Waals surface area contributed by atoms with Crippen LogP contribution in [0.2, 0.25) is 0 Å². The van der Waals surface area contributed by atoms with E-state index in [1.807, 2.05) is 0 Å². The molecule has 2 rings (SSSR count). The summed E-state index contributed by atoms with van der Waals surface area (Å²) >= 11 is 0. The Kier molecular flexibility index (Phi) is 4.47. The molecule has 0 N–H and O–H groups in total. The van der Waals surface area contributed by atoms with E-state index in [1.54, 1.807) is 0 Å². The van der Waals surface area contributed by atoms with Gasteiger partial charge in [0, 0.05) is 18.6 Å². The number of pyridine rings is 1. The van der Waals surface area contributed by atoms with Crippen molar-refractivity contribution < 1.29 is 18.8 Å². The monoisotopic (exact) mass is 248 g/mol. The Bertz CT molecular complexity index is 410. The van der Waals surface area contributed by atoms with Crippen molar-refractivity contribution in [1.29, 1.82) is 0 Å². The molecule has 0 aromatic carbocycles. The number of carbonyl (C=O) groups excluding carboxylic acids is 1. The minimum absolute atomic E-state index is 0.220. The molecule has 4 heteroatoms. The normalized spacial score (nSPS) is 17.2. The van der Waals surface area contributed by atoms with Crippen LogP contribution in [-0.2, 0) is 27.2 Å². The molecule has 0 amide bonds. The summed E-state index contributed by atoms with van der Waals surface area (Å²) in [4.78, 5) is 11.1. The number of aromatic nitrogens is 1. The molecule has 1 unspecified atom stereocenters. The van der Waals surface area contributed by atoms with Crippen LogP contribution in [-0.4, -0.2) is 18.7 Å². The molecule has 1 fully saturated rings. The van der Waals surface area contributed by atoms with E-state index in [0.29, 0.717) is 12.5 Å². The van der Waals surface area contributed by atoms with Gasteiger partial charge in [0.05, 0.1) is 12.9 Å². The van der Waals surface area contributed by atoms with E-state index in [2.05, 4.69) is 40.4 Å². The second-order valence-electron chi connectivity index (χ2n) is 4.37. The highest BCUT2D eigenvalue weighted by Gasteiger charge is 2.26. The molecule has 4 nitrogen and oxygen atoms in total. The molecule has 96 valence electrons. The molecule has 0 spiro atoms. The smallest absolute Gasteiger partial charge is 0.310 e. The molecule has 0 radical (unpaired) electrons. The third-order valence-corrected chi connectivity index (χ3v) is 2.84. The maximum atomic E-state index is 11.1. The van der Waals surface area contributed by atoms with Gasteiger partial charge in [-0.15, -0.1) is 0 Å². The predicted octanol–water partition coefficient (Wildman–Crippen LogP) is 1.38. The number of hydrogen-bond acceptors (Lipinski definition) is 3. The standard InChI is InChI=1S/C14H18NO3/c1-2-17-14(16)5-3-4-12-6-8-15(9-7-12)10-13-11-18-13/h2,6-9,13H,1,3-5,10-11H2/q+1. The van der Waals surface area contributed by atoms with Crippen LogP contribution in [0.15, 0.2) is 37.4 Å². The zero-order chi connectivity index (χ0) is 12.8. The Morgan fingerprint density at radius 2 is 2.28 bits per heavy atom. The fourth-order valence-electron chi connectivity index (χ4n) is 1.77. The van der Waals surface area contributed by atoms with Crippen molar-refractivity contribution in [3.05, 3.63) is 42.9 Å². The molecule has 1 aromatic heterocycles. The second kappa shape index (κ2) is 6.31. The molecule has 1 aromatic rings. The van der Waals surface area contributed by atoms with Gasteiger partial charge >= 0.3 is 5.97 Å². The summed E-state index contributed by atoms with van der Waals surface area (Å²) in [6.07, 6.45) is 7.78. The van der Waals surface area contributed by atoms with Crippen LogP contribution in [0.25, 0.3) is 0 Å². The fraction of sp³-hybridized carbons (Fsp3) is 0.429. The topological polar surface area (TPSA) is 42.7 Å². The van der Waals surface area contributed by atoms with E-state index in [4.69, 9.17) is 4.74 Å². The first-order valence-corrected chi connectivity index (χ1v) is 6.18. The van der Waals surface area contributed by atoms with Crippen LogP contribution < -0.4 is 4.57 Å². The number of esters is 1.